The van der Waals surface area contributed by atoms with Crippen LogP contribution in [0.4, 0.5) is 0 Å². The second-order valence-electron chi connectivity index (χ2n) is 7.49. The van der Waals surface area contributed by atoms with E-state index in [2.05, 4.69) is 34.1 Å². The maximum Gasteiger partial charge on any atom is 0.270 e. The van der Waals surface area contributed by atoms with Crippen molar-refractivity contribution in [2.24, 2.45) is 0 Å². The number of ether oxygens (including phenoxy) is 1. The Bertz CT molecular complexity index is 1000. The summed E-state index contributed by atoms with van der Waals surface area (Å²) >= 11 is 0. The molecule has 0 saturated carbocycles. The molecule has 0 radical (unpaired) electrons. The number of benzene rings is 2. The van der Waals surface area contributed by atoms with Gasteiger partial charge >= 0.3 is 0 Å². The molecular formula is C22H23N3O2. The predicted molar refractivity (Wildman–Crippen MR) is 105 cm³/mol. The minimum Gasteiger partial charge on any atom is -0.497 e. The Balaban J connectivity index is 1.25. The van der Waals surface area contributed by atoms with Gasteiger partial charge in [-0.2, -0.15) is 0 Å². The molecule has 1 N–H and O–H groups in total. The van der Waals surface area contributed by atoms with E-state index in [-0.39, 0.29) is 5.91 Å². The number of nitrogens with zero attached hydrogens (tertiary/aromatic N) is 2. The lowest BCUT2D eigenvalue weighted by Gasteiger charge is -2.46. The normalized spacial score (nSPS) is 17.6. The van der Waals surface area contributed by atoms with E-state index in [9.17, 15) is 4.79 Å². The fourth-order valence-electron chi connectivity index (χ4n) is 4.20. The van der Waals surface area contributed by atoms with Crippen molar-refractivity contribution >= 4 is 16.8 Å². The van der Waals surface area contributed by atoms with E-state index < -0.39 is 0 Å². The zero-order chi connectivity index (χ0) is 18.4. The van der Waals surface area contributed by atoms with Gasteiger partial charge in [0.15, 0.2) is 0 Å². The van der Waals surface area contributed by atoms with Crippen LogP contribution in [0.3, 0.4) is 0 Å². The molecule has 1 saturated heterocycles. The van der Waals surface area contributed by atoms with Gasteiger partial charge in [0, 0.05) is 49.2 Å². The highest BCUT2D eigenvalue weighted by Crippen LogP contribution is 2.26. The maximum absolute atomic E-state index is 12.8. The van der Waals surface area contributed by atoms with Crippen LogP contribution in [-0.2, 0) is 13.0 Å². The van der Waals surface area contributed by atoms with Crippen LogP contribution in [0.15, 0.2) is 48.5 Å². The summed E-state index contributed by atoms with van der Waals surface area (Å²) in [6.07, 6.45) is 1.10. The van der Waals surface area contributed by atoms with Gasteiger partial charge < -0.3 is 14.6 Å². The minimum atomic E-state index is 0.0822. The molecule has 1 aromatic heterocycles. The number of hydrogen-bond acceptors (Lipinski definition) is 3. The van der Waals surface area contributed by atoms with Gasteiger partial charge in [-0.05, 0) is 35.7 Å². The molecule has 0 aliphatic carbocycles. The first-order valence-electron chi connectivity index (χ1n) is 9.48. The van der Waals surface area contributed by atoms with E-state index in [4.69, 9.17) is 4.74 Å². The monoisotopic (exact) mass is 361 g/mol. The lowest BCUT2D eigenvalue weighted by atomic mass is 9.96. The zero-order valence-electron chi connectivity index (χ0n) is 15.4. The average molecular weight is 361 g/mol. The van der Waals surface area contributed by atoms with E-state index >= 15 is 0 Å². The third kappa shape index (κ3) is 2.88. The molecule has 27 heavy (non-hydrogen) atoms. The van der Waals surface area contributed by atoms with Gasteiger partial charge in [-0.15, -0.1) is 0 Å². The molecule has 138 valence electrons. The predicted octanol–water partition coefficient (Wildman–Crippen LogP) is 3.06. The van der Waals surface area contributed by atoms with Crippen LogP contribution >= 0.6 is 0 Å². The number of hydrogen-bond donors (Lipinski definition) is 1. The van der Waals surface area contributed by atoms with Crippen LogP contribution in [0.2, 0.25) is 0 Å². The van der Waals surface area contributed by atoms with Gasteiger partial charge in [0.25, 0.3) is 5.91 Å². The van der Waals surface area contributed by atoms with Crippen molar-refractivity contribution in [2.75, 3.05) is 26.7 Å². The number of likely N-dealkylation sites (tertiary alicyclic amines) is 1. The van der Waals surface area contributed by atoms with Crippen molar-refractivity contribution < 1.29 is 9.53 Å². The fourth-order valence-corrected chi connectivity index (χ4v) is 4.20. The van der Waals surface area contributed by atoms with E-state index in [0.717, 1.165) is 49.3 Å². The number of methoxy groups -OCH3 is 1. The van der Waals surface area contributed by atoms with Crippen molar-refractivity contribution in [3.8, 4) is 5.75 Å². The number of aromatic amines is 1. The molecule has 2 aromatic carbocycles. The Morgan fingerprint density at radius 1 is 1.11 bits per heavy atom. The summed E-state index contributed by atoms with van der Waals surface area (Å²) in [6, 6.07) is 16.9. The van der Waals surface area contributed by atoms with Crippen molar-refractivity contribution in [3.63, 3.8) is 0 Å². The molecule has 5 heteroatoms. The first kappa shape index (κ1) is 16.4. The molecule has 3 heterocycles. The highest BCUT2D eigenvalue weighted by atomic mass is 16.5. The Kier molecular flexibility index (Phi) is 3.90. The molecular weight excluding hydrogens is 338 g/mol. The summed E-state index contributed by atoms with van der Waals surface area (Å²) in [7, 11) is 1.65. The van der Waals surface area contributed by atoms with Gasteiger partial charge in [-0.3, -0.25) is 9.69 Å². The third-order valence-electron chi connectivity index (χ3n) is 5.89. The summed E-state index contributed by atoms with van der Waals surface area (Å²) in [5.74, 6) is 0.872. The molecule has 0 atom stereocenters. The Labute approximate surface area is 158 Å². The molecule has 0 unspecified atom stereocenters. The molecule has 1 amide bonds. The molecule has 0 bridgehead atoms. The fraction of sp³-hybridized carbons (Fsp3) is 0.318. The summed E-state index contributed by atoms with van der Waals surface area (Å²) in [5, 5.41) is 1.03. The lowest BCUT2D eigenvalue weighted by molar-refractivity contribution is 0.0215. The second kappa shape index (κ2) is 6.43. The topological polar surface area (TPSA) is 48.6 Å². The van der Waals surface area contributed by atoms with Gasteiger partial charge in [-0.25, -0.2) is 0 Å². The number of carbonyl (C=O) groups excluding carboxylic acids is 1. The quantitative estimate of drug-likeness (QED) is 0.780. The van der Waals surface area contributed by atoms with Crippen LogP contribution in [0.25, 0.3) is 10.9 Å². The Morgan fingerprint density at radius 3 is 2.74 bits per heavy atom. The van der Waals surface area contributed by atoms with Crippen LogP contribution < -0.4 is 4.74 Å². The van der Waals surface area contributed by atoms with Crippen LogP contribution in [0.5, 0.6) is 5.75 Å². The van der Waals surface area contributed by atoms with E-state index in [1.54, 1.807) is 7.11 Å². The molecule has 3 aromatic rings. The molecule has 5 nitrogen and oxygen atoms in total. The maximum atomic E-state index is 12.8. The van der Waals surface area contributed by atoms with Crippen molar-refractivity contribution in [3.05, 3.63) is 65.4 Å². The highest BCUT2D eigenvalue weighted by molar-refractivity contribution is 5.98. The van der Waals surface area contributed by atoms with Crippen LogP contribution in [0, 0.1) is 0 Å². The number of aromatic nitrogens is 1. The summed E-state index contributed by atoms with van der Waals surface area (Å²) < 4.78 is 5.26. The van der Waals surface area contributed by atoms with Crippen molar-refractivity contribution in [2.45, 2.75) is 19.0 Å². The van der Waals surface area contributed by atoms with Crippen LogP contribution in [0.1, 0.15) is 21.6 Å². The first-order chi connectivity index (χ1) is 13.2. The second-order valence-corrected chi connectivity index (χ2v) is 7.49. The highest BCUT2D eigenvalue weighted by Gasteiger charge is 2.36. The molecule has 2 aliphatic rings. The van der Waals surface area contributed by atoms with E-state index in [1.165, 1.54) is 11.1 Å². The zero-order valence-corrected chi connectivity index (χ0v) is 15.4. The molecule has 1 fully saturated rings. The van der Waals surface area contributed by atoms with Gasteiger partial charge in [-0.1, -0.05) is 24.3 Å². The first-order valence-corrected chi connectivity index (χ1v) is 9.48. The standard InChI is InChI=1S/C22H23N3O2/c1-27-19-7-6-16-10-21(23-20(16)11-19)22(26)25-13-18(14-25)24-9-8-15-4-2-3-5-17(15)12-24/h2-7,10-11,18,23H,8-9,12-14H2,1H3. The lowest BCUT2D eigenvalue weighted by Crippen LogP contribution is -2.61. The summed E-state index contributed by atoms with van der Waals surface area (Å²) in [5.41, 5.74) is 4.48. The van der Waals surface area contributed by atoms with Crippen molar-refractivity contribution in [1.82, 2.24) is 14.8 Å². The molecule has 0 spiro atoms. The van der Waals surface area contributed by atoms with Gasteiger partial charge in [0.2, 0.25) is 0 Å². The Morgan fingerprint density at radius 2 is 1.93 bits per heavy atom. The third-order valence-corrected chi connectivity index (χ3v) is 5.89. The molecule has 5 rings (SSSR count). The average Bonchev–Trinajstić information content (AvgIpc) is 3.10. The Hall–Kier alpha value is -2.79. The number of nitrogens with one attached hydrogen (secondary N) is 1. The summed E-state index contributed by atoms with van der Waals surface area (Å²) in [4.78, 5) is 20.5. The number of carbonyl (C=O) groups is 1. The van der Waals surface area contributed by atoms with Crippen molar-refractivity contribution in [1.29, 1.82) is 0 Å². The largest absolute Gasteiger partial charge is 0.497 e. The van der Waals surface area contributed by atoms with Gasteiger partial charge in [0.1, 0.15) is 11.4 Å². The number of amides is 1. The van der Waals surface area contributed by atoms with E-state index in [0.29, 0.717) is 11.7 Å². The number of H-pyrrole nitrogens is 1. The van der Waals surface area contributed by atoms with Gasteiger partial charge in [0.05, 0.1) is 7.11 Å². The smallest absolute Gasteiger partial charge is 0.270 e. The SMILES string of the molecule is COc1ccc2cc(C(=O)N3CC(N4CCc5ccccc5C4)C3)[nH]c2c1. The van der Waals surface area contributed by atoms with Crippen LogP contribution in [-0.4, -0.2) is 53.5 Å². The number of fused-ring (bicyclic) bond motifs is 2. The minimum absolute atomic E-state index is 0.0822. The number of rotatable bonds is 3. The molecule has 2 aliphatic heterocycles. The summed E-state index contributed by atoms with van der Waals surface area (Å²) in [6.45, 7) is 3.68. The van der Waals surface area contributed by atoms with E-state index in [1.807, 2.05) is 29.2 Å².